The number of hydrogen-bond acceptors (Lipinski definition) is 4. The van der Waals surface area contributed by atoms with Gasteiger partial charge >= 0.3 is 6.61 Å². The fourth-order valence-electron chi connectivity index (χ4n) is 2.91. The van der Waals surface area contributed by atoms with Gasteiger partial charge in [0.2, 0.25) is 0 Å². The van der Waals surface area contributed by atoms with Crippen LogP contribution in [-0.4, -0.2) is 27.8 Å². The maximum absolute atomic E-state index is 12.7. The molecule has 5 nitrogen and oxygen atoms in total. The monoisotopic (exact) mass is 351 g/mol. The van der Waals surface area contributed by atoms with Crippen molar-refractivity contribution in [3.05, 3.63) is 58.5 Å². The summed E-state index contributed by atoms with van der Waals surface area (Å²) in [5, 5.41) is 4.58. The van der Waals surface area contributed by atoms with Crippen LogP contribution >= 0.6 is 11.6 Å². The Labute approximate surface area is 140 Å². The van der Waals surface area contributed by atoms with Gasteiger partial charge in [0, 0.05) is 12.0 Å². The van der Waals surface area contributed by atoms with E-state index in [2.05, 4.69) is 14.8 Å². The molecule has 1 unspecified atom stereocenters. The average molecular weight is 352 g/mol. The van der Waals surface area contributed by atoms with Crippen LogP contribution in [0.4, 0.5) is 8.78 Å². The second kappa shape index (κ2) is 5.99. The summed E-state index contributed by atoms with van der Waals surface area (Å²) in [5.74, 6) is 0.0716. The first kappa shape index (κ1) is 15.3. The Morgan fingerprint density at radius 2 is 2.08 bits per heavy atom. The number of halogens is 3. The molecule has 0 aliphatic carbocycles. The van der Waals surface area contributed by atoms with E-state index in [0.29, 0.717) is 35.1 Å². The summed E-state index contributed by atoms with van der Waals surface area (Å²) >= 11 is 5.99. The zero-order chi connectivity index (χ0) is 16.7. The molecule has 0 saturated carbocycles. The maximum Gasteiger partial charge on any atom is 0.387 e. The third-order valence-electron chi connectivity index (χ3n) is 3.85. The molecule has 0 fully saturated rings. The molecule has 0 spiro atoms. The second-order valence-electron chi connectivity index (χ2n) is 5.29. The molecule has 0 saturated heterocycles. The molecule has 24 heavy (non-hydrogen) atoms. The Balaban J connectivity index is 1.88. The maximum atomic E-state index is 12.7. The molecule has 2 aromatic heterocycles. The molecular weight excluding hydrogens is 340 g/mol. The van der Waals surface area contributed by atoms with Crippen LogP contribution in [0.3, 0.4) is 0 Å². The smallest absolute Gasteiger partial charge is 0.387 e. The summed E-state index contributed by atoms with van der Waals surface area (Å²) in [7, 11) is 0. The quantitative estimate of drug-likeness (QED) is 0.722. The Kier molecular flexibility index (Phi) is 3.82. The molecule has 3 heterocycles. The number of rotatable bonds is 3. The van der Waals surface area contributed by atoms with Crippen molar-refractivity contribution in [2.75, 3.05) is 6.61 Å². The van der Waals surface area contributed by atoms with Gasteiger partial charge in [-0.05, 0) is 18.2 Å². The van der Waals surface area contributed by atoms with Gasteiger partial charge in [0.25, 0.3) is 0 Å². The molecule has 8 heteroatoms. The molecular formula is C16H12ClF2N3O2. The van der Waals surface area contributed by atoms with Gasteiger partial charge in [0.05, 0.1) is 18.0 Å². The molecule has 3 aromatic rings. The number of aromatic nitrogens is 3. The molecule has 0 bridgehead atoms. The van der Waals surface area contributed by atoms with E-state index in [1.807, 2.05) is 0 Å². The highest BCUT2D eigenvalue weighted by atomic mass is 35.5. The van der Waals surface area contributed by atoms with Gasteiger partial charge in [0.15, 0.2) is 5.65 Å². The summed E-state index contributed by atoms with van der Waals surface area (Å²) in [6.07, 6.45) is 0.00897. The van der Waals surface area contributed by atoms with Crippen molar-refractivity contribution in [2.45, 2.75) is 19.1 Å². The van der Waals surface area contributed by atoms with Crippen molar-refractivity contribution < 1.29 is 18.3 Å². The van der Waals surface area contributed by atoms with Crippen molar-refractivity contribution in [3.63, 3.8) is 0 Å². The molecule has 4 rings (SSSR count). The number of ether oxygens (including phenoxy) is 2. The van der Waals surface area contributed by atoms with Crippen molar-refractivity contribution in [2.24, 2.45) is 0 Å². The Hall–Kier alpha value is -2.25. The fourth-order valence-corrected chi connectivity index (χ4v) is 3.05. The van der Waals surface area contributed by atoms with E-state index in [0.717, 1.165) is 5.69 Å². The highest BCUT2D eigenvalue weighted by Crippen LogP contribution is 2.37. The zero-order valence-corrected chi connectivity index (χ0v) is 13.1. The van der Waals surface area contributed by atoms with Crippen molar-refractivity contribution in [3.8, 4) is 5.75 Å². The Bertz CT molecular complexity index is 900. The van der Waals surface area contributed by atoms with Crippen molar-refractivity contribution >= 4 is 17.2 Å². The molecule has 1 aliphatic rings. The molecule has 124 valence electrons. The number of para-hydroxylation sites is 1. The summed E-state index contributed by atoms with van der Waals surface area (Å²) in [5.41, 5.74) is 2.63. The predicted octanol–water partition coefficient (Wildman–Crippen LogP) is 3.65. The highest BCUT2D eigenvalue weighted by Gasteiger charge is 2.31. The van der Waals surface area contributed by atoms with Gasteiger partial charge in [-0.25, -0.2) is 9.50 Å². The number of imidazole rings is 1. The minimum absolute atomic E-state index is 0.0716. The minimum Gasteiger partial charge on any atom is -0.434 e. The molecule has 1 aromatic carbocycles. The van der Waals surface area contributed by atoms with Crippen LogP contribution in [0, 0.1) is 0 Å². The minimum atomic E-state index is -2.91. The van der Waals surface area contributed by atoms with Gasteiger partial charge in [0.1, 0.15) is 17.0 Å². The summed E-state index contributed by atoms with van der Waals surface area (Å²) < 4.78 is 37.5. The van der Waals surface area contributed by atoms with Crippen molar-refractivity contribution in [1.82, 2.24) is 14.6 Å². The summed E-state index contributed by atoms with van der Waals surface area (Å²) in [6.45, 7) is -2.48. The lowest BCUT2D eigenvalue weighted by Gasteiger charge is -2.24. The number of fused-ring (bicyclic) bond motifs is 3. The van der Waals surface area contributed by atoms with Gasteiger partial charge in [-0.15, -0.1) is 0 Å². The van der Waals surface area contributed by atoms with Gasteiger partial charge in [-0.3, -0.25) is 0 Å². The molecule has 0 radical (unpaired) electrons. The largest absolute Gasteiger partial charge is 0.434 e. The van der Waals surface area contributed by atoms with Crippen LogP contribution in [0.1, 0.15) is 23.1 Å². The van der Waals surface area contributed by atoms with Crippen LogP contribution in [0.25, 0.3) is 5.65 Å². The third-order valence-corrected chi connectivity index (χ3v) is 4.05. The van der Waals surface area contributed by atoms with Crippen LogP contribution in [0.5, 0.6) is 5.75 Å². The van der Waals surface area contributed by atoms with E-state index >= 15 is 0 Å². The highest BCUT2D eigenvalue weighted by molar-refractivity contribution is 6.29. The number of nitrogens with zero attached hydrogens (tertiary/aromatic N) is 3. The van der Waals surface area contributed by atoms with E-state index in [-0.39, 0.29) is 5.75 Å². The first-order chi connectivity index (χ1) is 11.6. The average Bonchev–Trinajstić information content (AvgIpc) is 2.93. The Morgan fingerprint density at radius 1 is 1.25 bits per heavy atom. The number of alkyl halides is 2. The SMILES string of the molecule is FC(F)Oc1ccccc1C1OCCc2nc3ccc(Cl)nn3c21. The zero-order valence-electron chi connectivity index (χ0n) is 12.3. The van der Waals surface area contributed by atoms with Crippen LogP contribution < -0.4 is 4.74 Å². The van der Waals surface area contributed by atoms with Crippen LogP contribution in [-0.2, 0) is 11.2 Å². The molecule has 1 atom stereocenters. The van der Waals surface area contributed by atoms with E-state index in [4.69, 9.17) is 16.3 Å². The van der Waals surface area contributed by atoms with E-state index in [1.54, 1.807) is 34.8 Å². The Morgan fingerprint density at radius 3 is 2.92 bits per heavy atom. The molecule has 1 aliphatic heterocycles. The summed E-state index contributed by atoms with van der Waals surface area (Å²) in [6, 6.07) is 9.97. The van der Waals surface area contributed by atoms with Gasteiger partial charge in [-0.2, -0.15) is 13.9 Å². The normalized spacial score (nSPS) is 17.2. The first-order valence-corrected chi connectivity index (χ1v) is 7.70. The van der Waals surface area contributed by atoms with Gasteiger partial charge in [-0.1, -0.05) is 29.8 Å². The van der Waals surface area contributed by atoms with E-state index < -0.39 is 12.7 Å². The summed E-state index contributed by atoms with van der Waals surface area (Å²) in [4.78, 5) is 4.53. The van der Waals surface area contributed by atoms with Crippen molar-refractivity contribution in [1.29, 1.82) is 0 Å². The lowest BCUT2D eigenvalue weighted by Crippen LogP contribution is -2.20. The second-order valence-corrected chi connectivity index (χ2v) is 5.67. The third kappa shape index (κ3) is 2.59. The van der Waals surface area contributed by atoms with Crippen LogP contribution in [0.15, 0.2) is 36.4 Å². The van der Waals surface area contributed by atoms with E-state index in [9.17, 15) is 8.78 Å². The predicted molar refractivity (Wildman–Crippen MR) is 82.6 cm³/mol. The molecule has 0 N–H and O–H groups in total. The lowest BCUT2D eigenvalue weighted by molar-refractivity contribution is -0.0522. The standard InChI is InChI=1S/C16H12ClF2N3O2/c17-12-5-6-13-20-10-7-8-23-15(14(10)22(13)21-12)9-3-1-2-4-11(9)24-16(18)19/h1-6,15-16H,7-8H2. The number of hydrogen-bond donors (Lipinski definition) is 0. The fraction of sp³-hybridized carbons (Fsp3) is 0.250. The topological polar surface area (TPSA) is 48.7 Å². The lowest BCUT2D eigenvalue weighted by atomic mass is 10.0. The first-order valence-electron chi connectivity index (χ1n) is 7.33. The molecule has 0 amide bonds. The van der Waals surface area contributed by atoms with Gasteiger partial charge < -0.3 is 9.47 Å². The van der Waals surface area contributed by atoms with Crippen LogP contribution in [0.2, 0.25) is 5.15 Å². The number of benzene rings is 1. The van der Waals surface area contributed by atoms with E-state index in [1.165, 1.54) is 6.07 Å².